The zero-order valence-corrected chi connectivity index (χ0v) is 16.7. The molecule has 0 aliphatic rings. The summed E-state index contributed by atoms with van der Waals surface area (Å²) in [7, 11) is -3.75. The Bertz CT molecular complexity index is 1080. The molecule has 4 heteroatoms. The van der Waals surface area contributed by atoms with Crippen LogP contribution in [0.2, 0.25) is 0 Å². The van der Waals surface area contributed by atoms with Crippen molar-refractivity contribution in [2.75, 3.05) is 10.8 Å². The Morgan fingerprint density at radius 2 is 1.54 bits per heavy atom. The lowest BCUT2D eigenvalue weighted by Gasteiger charge is -2.26. The number of benzene rings is 3. The van der Waals surface area contributed by atoms with Gasteiger partial charge in [0.2, 0.25) is 0 Å². The van der Waals surface area contributed by atoms with E-state index < -0.39 is 10.0 Å². The maximum Gasteiger partial charge on any atom is 0.264 e. The molecule has 0 saturated heterocycles. The van der Waals surface area contributed by atoms with Crippen molar-refractivity contribution < 1.29 is 8.42 Å². The fraction of sp³-hybridized carbons (Fsp3) is 0.0833. The summed E-state index contributed by atoms with van der Waals surface area (Å²) >= 11 is 0. The number of aryl methyl sites for hydroxylation is 1. The number of anilines is 1. The van der Waals surface area contributed by atoms with Crippen LogP contribution in [0.15, 0.2) is 103 Å². The SMILES string of the molecule is C=CCN(c1ccccc1C(=C)c1ccccc1)S(=O)(=O)c1ccc(C)cc1. The van der Waals surface area contributed by atoms with Crippen LogP contribution in [0, 0.1) is 6.92 Å². The minimum absolute atomic E-state index is 0.162. The highest BCUT2D eigenvalue weighted by Gasteiger charge is 2.26. The third-order valence-corrected chi connectivity index (χ3v) is 6.32. The van der Waals surface area contributed by atoms with Crippen molar-refractivity contribution in [1.29, 1.82) is 0 Å². The molecular weight excluding hydrogens is 366 g/mol. The molecule has 0 atom stereocenters. The maximum absolute atomic E-state index is 13.4. The Hall–Kier alpha value is -3.11. The Labute approximate surface area is 167 Å². The molecule has 0 amide bonds. The van der Waals surface area contributed by atoms with Crippen LogP contribution in [-0.2, 0) is 10.0 Å². The van der Waals surface area contributed by atoms with Gasteiger partial charge in [0.15, 0.2) is 0 Å². The summed E-state index contributed by atoms with van der Waals surface area (Å²) in [6.07, 6.45) is 1.59. The highest BCUT2D eigenvalue weighted by atomic mass is 32.2. The molecule has 0 fully saturated rings. The molecule has 0 unspecified atom stereocenters. The molecule has 0 bridgehead atoms. The predicted molar refractivity (Wildman–Crippen MR) is 117 cm³/mol. The molecule has 0 aromatic heterocycles. The second kappa shape index (κ2) is 8.28. The summed E-state index contributed by atoms with van der Waals surface area (Å²) in [6, 6.07) is 24.0. The second-order valence-electron chi connectivity index (χ2n) is 6.50. The van der Waals surface area contributed by atoms with Gasteiger partial charge in [-0.3, -0.25) is 4.31 Å². The van der Waals surface area contributed by atoms with Crippen LogP contribution >= 0.6 is 0 Å². The highest BCUT2D eigenvalue weighted by Crippen LogP contribution is 2.33. The molecule has 28 heavy (non-hydrogen) atoms. The number of hydrogen-bond acceptors (Lipinski definition) is 2. The second-order valence-corrected chi connectivity index (χ2v) is 8.36. The Morgan fingerprint density at radius 3 is 2.18 bits per heavy atom. The average molecular weight is 390 g/mol. The lowest BCUT2D eigenvalue weighted by atomic mass is 9.98. The van der Waals surface area contributed by atoms with Crippen LogP contribution in [0.25, 0.3) is 5.57 Å². The van der Waals surface area contributed by atoms with Gasteiger partial charge in [-0.1, -0.05) is 78.9 Å². The van der Waals surface area contributed by atoms with E-state index in [4.69, 9.17) is 0 Å². The summed E-state index contributed by atoms with van der Waals surface area (Å²) in [6.45, 7) is 10.1. The predicted octanol–water partition coefficient (Wildman–Crippen LogP) is 5.44. The number of nitrogens with zero attached hydrogens (tertiary/aromatic N) is 1. The largest absolute Gasteiger partial charge is 0.264 e. The minimum atomic E-state index is -3.75. The first-order chi connectivity index (χ1) is 13.4. The van der Waals surface area contributed by atoms with Crippen molar-refractivity contribution in [1.82, 2.24) is 0 Å². The topological polar surface area (TPSA) is 37.4 Å². The van der Waals surface area contributed by atoms with E-state index in [-0.39, 0.29) is 11.4 Å². The lowest BCUT2D eigenvalue weighted by molar-refractivity contribution is 0.593. The van der Waals surface area contributed by atoms with E-state index in [1.807, 2.05) is 55.5 Å². The summed E-state index contributed by atoms with van der Waals surface area (Å²) < 4.78 is 28.2. The molecule has 0 aliphatic carbocycles. The zero-order valence-electron chi connectivity index (χ0n) is 15.9. The van der Waals surface area contributed by atoms with Crippen molar-refractivity contribution in [3.05, 3.63) is 115 Å². The van der Waals surface area contributed by atoms with E-state index >= 15 is 0 Å². The van der Waals surface area contributed by atoms with E-state index in [9.17, 15) is 8.42 Å². The number of rotatable bonds is 7. The van der Waals surface area contributed by atoms with Crippen molar-refractivity contribution >= 4 is 21.3 Å². The van der Waals surface area contributed by atoms with E-state index in [1.165, 1.54) is 4.31 Å². The Kier molecular flexibility index (Phi) is 5.81. The van der Waals surface area contributed by atoms with Crippen molar-refractivity contribution in [3.8, 4) is 0 Å². The fourth-order valence-electron chi connectivity index (χ4n) is 3.02. The highest BCUT2D eigenvalue weighted by molar-refractivity contribution is 7.92. The summed E-state index contributed by atoms with van der Waals surface area (Å²) in [4.78, 5) is 0.250. The molecule has 3 aromatic rings. The minimum Gasteiger partial charge on any atom is -0.262 e. The first-order valence-corrected chi connectivity index (χ1v) is 10.4. The van der Waals surface area contributed by atoms with Crippen molar-refractivity contribution in [2.24, 2.45) is 0 Å². The van der Waals surface area contributed by atoms with Gasteiger partial charge in [-0.05, 0) is 36.3 Å². The monoisotopic (exact) mass is 389 g/mol. The van der Waals surface area contributed by atoms with Crippen LogP contribution in [-0.4, -0.2) is 15.0 Å². The molecule has 0 aliphatic heterocycles. The average Bonchev–Trinajstić information content (AvgIpc) is 2.72. The van der Waals surface area contributed by atoms with Crippen LogP contribution in [0.5, 0.6) is 0 Å². The molecule has 0 heterocycles. The first kappa shape index (κ1) is 19.6. The number of hydrogen-bond donors (Lipinski definition) is 0. The molecule has 3 aromatic carbocycles. The normalized spacial score (nSPS) is 11.0. The van der Waals surface area contributed by atoms with Gasteiger partial charge in [-0.15, -0.1) is 6.58 Å². The number of sulfonamides is 1. The molecule has 0 N–H and O–H groups in total. The van der Waals surface area contributed by atoms with Crippen LogP contribution in [0.1, 0.15) is 16.7 Å². The maximum atomic E-state index is 13.4. The third-order valence-electron chi connectivity index (χ3n) is 4.52. The first-order valence-electron chi connectivity index (χ1n) is 8.99. The standard InChI is InChI=1S/C24H23NO2S/c1-4-18-25(28(26,27)22-16-14-19(2)15-17-22)24-13-9-8-12-23(24)20(3)21-10-6-5-7-11-21/h4-17H,1,3,18H2,2H3. The summed E-state index contributed by atoms with van der Waals surface area (Å²) in [5.74, 6) is 0. The molecule has 0 radical (unpaired) electrons. The third kappa shape index (κ3) is 3.92. The van der Waals surface area contributed by atoms with E-state index in [0.717, 1.165) is 22.3 Å². The van der Waals surface area contributed by atoms with Crippen LogP contribution in [0.3, 0.4) is 0 Å². The smallest absolute Gasteiger partial charge is 0.262 e. The van der Waals surface area contributed by atoms with Gasteiger partial charge in [0.05, 0.1) is 17.1 Å². The van der Waals surface area contributed by atoms with Gasteiger partial charge in [0.1, 0.15) is 0 Å². The van der Waals surface area contributed by atoms with E-state index in [1.54, 1.807) is 36.4 Å². The van der Waals surface area contributed by atoms with Gasteiger partial charge in [0, 0.05) is 5.56 Å². The van der Waals surface area contributed by atoms with Gasteiger partial charge in [-0.25, -0.2) is 8.42 Å². The Balaban J connectivity index is 2.12. The van der Waals surface area contributed by atoms with Gasteiger partial charge in [-0.2, -0.15) is 0 Å². The van der Waals surface area contributed by atoms with Crippen molar-refractivity contribution in [3.63, 3.8) is 0 Å². The fourth-order valence-corrected chi connectivity index (χ4v) is 4.48. The molecule has 0 spiro atoms. The molecular formula is C24H23NO2S. The van der Waals surface area contributed by atoms with Crippen LogP contribution in [0.4, 0.5) is 5.69 Å². The lowest BCUT2D eigenvalue weighted by Crippen LogP contribution is -2.32. The van der Waals surface area contributed by atoms with Gasteiger partial charge >= 0.3 is 0 Å². The van der Waals surface area contributed by atoms with Crippen molar-refractivity contribution in [2.45, 2.75) is 11.8 Å². The Morgan fingerprint density at radius 1 is 0.929 bits per heavy atom. The molecule has 3 rings (SSSR count). The summed E-state index contributed by atoms with van der Waals surface area (Å²) in [5, 5.41) is 0. The van der Waals surface area contributed by atoms with E-state index in [2.05, 4.69) is 13.2 Å². The van der Waals surface area contributed by atoms with Gasteiger partial charge < -0.3 is 0 Å². The number of para-hydroxylation sites is 1. The summed E-state index contributed by atoms with van der Waals surface area (Å²) in [5.41, 5.74) is 4.07. The van der Waals surface area contributed by atoms with Gasteiger partial charge in [0.25, 0.3) is 10.0 Å². The quantitative estimate of drug-likeness (QED) is 0.505. The van der Waals surface area contributed by atoms with E-state index in [0.29, 0.717) is 5.69 Å². The molecule has 0 saturated carbocycles. The zero-order chi connectivity index (χ0) is 20.1. The molecule has 3 nitrogen and oxygen atoms in total. The molecule has 142 valence electrons. The van der Waals surface area contributed by atoms with Crippen LogP contribution < -0.4 is 4.31 Å².